The monoisotopic (exact) mass is 303 g/mol. The minimum absolute atomic E-state index is 0.00943. The topological polar surface area (TPSA) is 127 Å². The second-order valence-corrected chi connectivity index (χ2v) is 5.23. The number of nitro benzene ring substituents is 1. The van der Waals surface area contributed by atoms with Crippen LogP contribution < -0.4 is 11.1 Å². The lowest BCUT2D eigenvalue weighted by atomic mass is 10.1. The highest BCUT2D eigenvalue weighted by molar-refractivity contribution is 5.94. The highest BCUT2D eigenvalue weighted by atomic mass is 16.6. The third kappa shape index (κ3) is 3.47. The lowest BCUT2D eigenvalue weighted by molar-refractivity contribution is -0.384. The zero-order chi connectivity index (χ0) is 16.3. The quantitative estimate of drug-likeness (QED) is 0.574. The number of nitro groups is 1. The molecule has 0 fully saturated rings. The number of H-pyrrole nitrogens is 1. The molecule has 0 aliphatic carbocycles. The summed E-state index contributed by atoms with van der Waals surface area (Å²) in [6.45, 7) is 3.70. The number of aromatic amines is 1. The van der Waals surface area contributed by atoms with Gasteiger partial charge in [-0.2, -0.15) is 5.10 Å². The summed E-state index contributed by atoms with van der Waals surface area (Å²) < 4.78 is 0. The van der Waals surface area contributed by atoms with Gasteiger partial charge in [0.2, 0.25) is 5.91 Å². The van der Waals surface area contributed by atoms with Crippen LogP contribution in [0.4, 0.5) is 11.5 Å². The van der Waals surface area contributed by atoms with Gasteiger partial charge in [0.25, 0.3) is 5.69 Å². The molecule has 22 heavy (non-hydrogen) atoms. The smallest absolute Gasteiger partial charge is 0.270 e. The van der Waals surface area contributed by atoms with Crippen LogP contribution in [0.5, 0.6) is 0 Å². The van der Waals surface area contributed by atoms with Gasteiger partial charge >= 0.3 is 0 Å². The lowest BCUT2D eigenvalue weighted by Gasteiger charge is -2.13. The fourth-order valence-corrected chi connectivity index (χ4v) is 1.83. The molecule has 0 aliphatic rings. The van der Waals surface area contributed by atoms with Crippen molar-refractivity contribution in [1.29, 1.82) is 0 Å². The second kappa shape index (κ2) is 6.35. The van der Waals surface area contributed by atoms with E-state index in [1.165, 1.54) is 12.1 Å². The Morgan fingerprint density at radius 3 is 2.77 bits per heavy atom. The summed E-state index contributed by atoms with van der Waals surface area (Å²) >= 11 is 0. The molecule has 116 valence electrons. The minimum Gasteiger partial charge on any atom is -0.320 e. The van der Waals surface area contributed by atoms with E-state index < -0.39 is 11.0 Å². The molecule has 1 heterocycles. The maximum atomic E-state index is 11.9. The van der Waals surface area contributed by atoms with E-state index >= 15 is 0 Å². The fourth-order valence-electron chi connectivity index (χ4n) is 1.83. The summed E-state index contributed by atoms with van der Waals surface area (Å²) in [4.78, 5) is 22.2. The van der Waals surface area contributed by atoms with Gasteiger partial charge in [0.1, 0.15) is 0 Å². The third-order valence-corrected chi connectivity index (χ3v) is 3.22. The summed E-state index contributed by atoms with van der Waals surface area (Å²) in [5.74, 6) is 0.00452. The van der Waals surface area contributed by atoms with Crippen molar-refractivity contribution in [1.82, 2.24) is 10.2 Å². The molecule has 0 aliphatic heterocycles. The standard InChI is InChI=1S/C14H17N5O3/c1-8(2)13(15)14(20)16-12-7-11(17-18-12)9-4-3-5-10(6-9)19(21)22/h3-8,13H,15H2,1-2H3,(H2,16,17,18,20)/t13-/m0/s1. The molecule has 1 atom stereocenters. The first kappa shape index (κ1) is 15.6. The van der Waals surface area contributed by atoms with Crippen molar-refractivity contribution >= 4 is 17.4 Å². The van der Waals surface area contributed by atoms with Crippen molar-refractivity contribution in [2.24, 2.45) is 11.7 Å². The number of aromatic nitrogens is 2. The first-order chi connectivity index (χ1) is 10.4. The zero-order valence-corrected chi connectivity index (χ0v) is 12.2. The summed E-state index contributed by atoms with van der Waals surface area (Å²) in [6, 6.07) is 7.11. The summed E-state index contributed by atoms with van der Waals surface area (Å²) in [5, 5.41) is 20.1. The Kier molecular flexibility index (Phi) is 4.52. The molecule has 2 aromatic rings. The molecule has 0 radical (unpaired) electrons. The van der Waals surface area contributed by atoms with Crippen LogP contribution in [-0.2, 0) is 4.79 Å². The Labute approximate surface area is 126 Å². The highest BCUT2D eigenvalue weighted by Gasteiger charge is 2.18. The Balaban J connectivity index is 2.16. The highest BCUT2D eigenvalue weighted by Crippen LogP contribution is 2.23. The molecular weight excluding hydrogens is 286 g/mol. The zero-order valence-electron chi connectivity index (χ0n) is 12.2. The lowest BCUT2D eigenvalue weighted by Crippen LogP contribution is -2.39. The van der Waals surface area contributed by atoms with Crippen LogP contribution in [-0.4, -0.2) is 27.1 Å². The van der Waals surface area contributed by atoms with Gasteiger partial charge in [-0.05, 0) is 5.92 Å². The van der Waals surface area contributed by atoms with E-state index in [1.54, 1.807) is 18.2 Å². The number of hydrogen-bond donors (Lipinski definition) is 3. The minimum atomic E-state index is -0.627. The van der Waals surface area contributed by atoms with E-state index in [9.17, 15) is 14.9 Å². The van der Waals surface area contributed by atoms with Crippen LogP contribution >= 0.6 is 0 Å². The molecule has 8 heteroatoms. The number of amides is 1. The first-order valence-corrected chi connectivity index (χ1v) is 6.75. The van der Waals surface area contributed by atoms with Gasteiger partial charge in [-0.25, -0.2) is 0 Å². The Morgan fingerprint density at radius 2 is 2.14 bits per heavy atom. The predicted octanol–water partition coefficient (Wildman–Crippen LogP) is 1.91. The number of benzene rings is 1. The molecule has 2 rings (SSSR count). The van der Waals surface area contributed by atoms with Crippen molar-refractivity contribution in [3.63, 3.8) is 0 Å². The van der Waals surface area contributed by atoms with Crippen LogP contribution in [0.2, 0.25) is 0 Å². The molecule has 0 unspecified atom stereocenters. The van der Waals surface area contributed by atoms with Crippen molar-refractivity contribution < 1.29 is 9.72 Å². The second-order valence-electron chi connectivity index (χ2n) is 5.23. The van der Waals surface area contributed by atoms with Gasteiger partial charge in [0.05, 0.1) is 16.7 Å². The van der Waals surface area contributed by atoms with E-state index in [0.29, 0.717) is 17.1 Å². The summed E-state index contributed by atoms with van der Waals surface area (Å²) in [7, 11) is 0. The molecule has 1 aromatic carbocycles. The van der Waals surface area contributed by atoms with E-state index in [4.69, 9.17) is 5.73 Å². The molecule has 0 saturated carbocycles. The SMILES string of the molecule is CC(C)[C@H](N)C(=O)Nc1cc(-c2cccc([N+](=O)[O-])c2)[nH]n1. The van der Waals surface area contributed by atoms with Gasteiger partial charge in [0.15, 0.2) is 5.82 Å². The first-order valence-electron chi connectivity index (χ1n) is 6.75. The largest absolute Gasteiger partial charge is 0.320 e. The molecule has 1 amide bonds. The molecular formula is C14H17N5O3. The van der Waals surface area contributed by atoms with Gasteiger partial charge in [-0.3, -0.25) is 20.0 Å². The van der Waals surface area contributed by atoms with Gasteiger partial charge < -0.3 is 11.1 Å². The van der Waals surface area contributed by atoms with Gasteiger partial charge in [-0.15, -0.1) is 0 Å². The molecule has 0 bridgehead atoms. The van der Waals surface area contributed by atoms with E-state index in [2.05, 4.69) is 15.5 Å². The number of nitrogens with two attached hydrogens (primary N) is 1. The Morgan fingerprint density at radius 1 is 1.41 bits per heavy atom. The van der Waals surface area contributed by atoms with Crippen molar-refractivity contribution in [3.05, 3.63) is 40.4 Å². The number of anilines is 1. The third-order valence-electron chi connectivity index (χ3n) is 3.22. The van der Waals surface area contributed by atoms with Crippen molar-refractivity contribution in [2.75, 3.05) is 5.32 Å². The summed E-state index contributed by atoms with van der Waals surface area (Å²) in [5.41, 5.74) is 6.91. The van der Waals surface area contributed by atoms with Crippen LogP contribution in [0.1, 0.15) is 13.8 Å². The average Bonchev–Trinajstić information content (AvgIpc) is 2.94. The van der Waals surface area contributed by atoms with Crippen molar-refractivity contribution in [3.8, 4) is 11.3 Å². The van der Waals surface area contributed by atoms with Gasteiger partial charge in [0, 0.05) is 23.8 Å². The number of non-ortho nitro benzene ring substituents is 1. The van der Waals surface area contributed by atoms with Crippen LogP contribution in [0.25, 0.3) is 11.3 Å². The van der Waals surface area contributed by atoms with Crippen LogP contribution in [0, 0.1) is 16.0 Å². The van der Waals surface area contributed by atoms with Gasteiger partial charge in [-0.1, -0.05) is 26.0 Å². The normalized spacial score (nSPS) is 12.2. The van der Waals surface area contributed by atoms with E-state index in [1.807, 2.05) is 13.8 Å². The van der Waals surface area contributed by atoms with Crippen molar-refractivity contribution in [2.45, 2.75) is 19.9 Å². The number of carbonyl (C=O) groups is 1. The Bertz CT molecular complexity index is 695. The average molecular weight is 303 g/mol. The maximum Gasteiger partial charge on any atom is 0.270 e. The molecule has 0 spiro atoms. The number of nitrogens with zero attached hydrogens (tertiary/aromatic N) is 2. The molecule has 0 saturated heterocycles. The number of nitrogens with one attached hydrogen (secondary N) is 2. The maximum absolute atomic E-state index is 11.9. The fraction of sp³-hybridized carbons (Fsp3) is 0.286. The van der Waals surface area contributed by atoms with Crippen LogP contribution in [0.15, 0.2) is 30.3 Å². The van der Waals surface area contributed by atoms with Crippen LogP contribution in [0.3, 0.4) is 0 Å². The van der Waals surface area contributed by atoms with E-state index in [-0.39, 0.29) is 17.5 Å². The number of carbonyl (C=O) groups excluding carboxylic acids is 1. The molecule has 1 aromatic heterocycles. The van der Waals surface area contributed by atoms with E-state index in [0.717, 1.165) is 0 Å². The predicted molar refractivity (Wildman–Crippen MR) is 82.1 cm³/mol. The molecule has 4 N–H and O–H groups in total. The Hall–Kier alpha value is -2.74. The number of hydrogen-bond acceptors (Lipinski definition) is 5. The molecule has 8 nitrogen and oxygen atoms in total. The summed E-state index contributed by atoms with van der Waals surface area (Å²) in [6.07, 6.45) is 0. The number of rotatable bonds is 5.